The van der Waals surface area contributed by atoms with Crippen molar-refractivity contribution in [3.05, 3.63) is 88.4 Å². The van der Waals surface area contributed by atoms with E-state index in [4.69, 9.17) is 9.84 Å². The van der Waals surface area contributed by atoms with E-state index in [2.05, 4.69) is 16.7 Å². The Morgan fingerprint density at radius 3 is 2.64 bits per heavy atom. The van der Waals surface area contributed by atoms with Crippen molar-refractivity contribution in [2.75, 3.05) is 6.61 Å². The number of hydrogen-bond acceptors (Lipinski definition) is 4. The lowest BCUT2D eigenvalue weighted by molar-refractivity contribution is 0.0697. The van der Waals surface area contributed by atoms with Crippen LogP contribution in [-0.4, -0.2) is 33.7 Å². The molecule has 0 unspecified atom stereocenters. The van der Waals surface area contributed by atoms with Gasteiger partial charge < -0.3 is 9.84 Å². The summed E-state index contributed by atoms with van der Waals surface area (Å²) in [6.45, 7) is 5.75. The third-order valence-electron chi connectivity index (χ3n) is 4.04. The van der Waals surface area contributed by atoms with Crippen LogP contribution in [0.3, 0.4) is 0 Å². The average Bonchev–Trinajstić information content (AvgIpc) is 2.99. The number of ether oxygens (including phenoxy) is 1. The maximum Gasteiger partial charge on any atom is 0.335 e. The molecule has 2 aromatic carbocycles. The molecule has 0 fully saturated rings. The van der Waals surface area contributed by atoms with Gasteiger partial charge in [-0.1, -0.05) is 24.8 Å². The Labute approximate surface area is 161 Å². The normalized spacial score (nSPS) is 10.9. The van der Waals surface area contributed by atoms with Crippen molar-refractivity contribution in [3.63, 3.8) is 0 Å². The Morgan fingerprint density at radius 1 is 1.25 bits per heavy atom. The summed E-state index contributed by atoms with van der Waals surface area (Å²) in [7, 11) is 0. The summed E-state index contributed by atoms with van der Waals surface area (Å²) in [6, 6.07) is 13.3. The number of benzene rings is 2. The molecule has 7 heteroatoms. The fourth-order valence-electron chi connectivity index (χ4n) is 2.62. The number of nitrogens with zero attached hydrogens (tertiary/aromatic N) is 2. The van der Waals surface area contributed by atoms with E-state index in [0.29, 0.717) is 35.0 Å². The number of carboxylic acid groups (broad SMARTS) is 1. The van der Waals surface area contributed by atoms with Crippen molar-refractivity contribution in [1.29, 1.82) is 0 Å². The Bertz CT molecular complexity index is 1090. The molecule has 0 bridgehead atoms. The SMILES string of the molecule is C=CCOc1ccccc1N=Cc1c(C)[nH]n(-c2ccc(C(=O)O)cc2)c1=O. The predicted octanol–water partition coefficient (Wildman–Crippen LogP) is 3.49. The molecule has 0 radical (unpaired) electrons. The van der Waals surface area contributed by atoms with Gasteiger partial charge in [0.05, 0.1) is 16.8 Å². The van der Waals surface area contributed by atoms with Gasteiger partial charge in [-0.2, -0.15) is 0 Å². The highest BCUT2D eigenvalue weighted by molar-refractivity contribution is 5.87. The minimum absolute atomic E-state index is 0.151. The molecule has 0 aliphatic rings. The third-order valence-corrected chi connectivity index (χ3v) is 4.04. The number of H-pyrrole nitrogens is 1. The van der Waals surface area contributed by atoms with E-state index in [9.17, 15) is 9.59 Å². The third kappa shape index (κ3) is 3.93. The molecule has 0 saturated heterocycles. The molecule has 2 N–H and O–H groups in total. The highest BCUT2D eigenvalue weighted by Crippen LogP contribution is 2.26. The summed E-state index contributed by atoms with van der Waals surface area (Å²) < 4.78 is 6.92. The maximum atomic E-state index is 12.8. The summed E-state index contributed by atoms with van der Waals surface area (Å²) >= 11 is 0. The van der Waals surface area contributed by atoms with Gasteiger partial charge in [-0.3, -0.25) is 14.9 Å². The van der Waals surface area contributed by atoms with Crippen LogP contribution in [0.5, 0.6) is 5.75 Å². The monoisotopic (exact) mass is 377 g/mol. The minimum atomic E-state index is -1.02. The molecule has 3 rings (SSSR count). The number of aromatic amines is 1. The lowest BCUT2D eigenvalue weighted by Gasteiger charge is -2.05. The van der Waals surface area contributed by atoms with Crippen LogP contribution in [-0.2, 0) is 0 Å². The summed E-state index contributed by atoms with van der Waals surface area (Å²) in [4.78, 5) is 28.1. The van der Waals surface area contributed by atoms with Gasteiger partial charge in [0.2, 0.25) is 0 Å². The first-order chi connectivity index (χ1) is 13.5. The molecule has 0 amide bonds. The lowest BCUT2D eigenvalue weighted by atomic mass is 10.2. The van der Waals surface area contributed by atoms with Crippen molar-refractivity contribution < 1.29 is 14.6 Å². The number of rotatable bonds is 7. The van der Waals surface area contributed by atoms with Crippen LogP contribution in [0, 0.1) is 6.92 Å². The van der Waals surface area contributed by atoms with Gasteiger partial charge in [0.25, 0.3) is 5.56 Å². The molecule has 3 aromatic rings. The van der Waals surface area contributed by atoms with E-state index in [1.165, 1.54) is 23.0 Å². The smallest absolute Gasteiger partial charge is 0.335 e. The van der Waals surface area contributed by atoms with Gasteiger partial charge in [-0.05, 0) is 43.3 Å². The van der Waals surface area contributed by atoms with E-state index in [-0.39, 0.29) is 11.1 Å². The molecule has 0 spiro atoms. The fraction of sp³-hybridized carbons (Fsp3) is 0.0952. The fourth-order valence-corrected chi connectivity index (χ4v) is 2.62. The van der Waals surface area contributed by atoms with Crippen molar-refractivity contribution in [2.24, 2.45) is 4.99 Å². The second-order valence-electron chi connectivity index (χ2n) is 5.97. The number of carbonyl (C=O) groups is 1. The molecule has 28 heavy (non-hydrogen) atoms. The maximum absolute atomic E-state index is 12.8. The highest BCUT2D eigenvalue weighted by Gasteiger charge is 2.12. The van der Waals surface area contributed by atoms with Crippen molar-refractivity contribution in [3.8, 4) is 11.4 Å². The quantitative estimate of drug-likeness (QED) is 0.487. The molecule has 0 saturated carbocycles. The predicted molar refractivity (Wildman–Crippen MR) is 107 cm³/mol. The summed E-state index contributed by atoms with van der Waals surface area (Å²) in [6.07, 6.45) is 3.14. The summed E-state index contributed by atoms with van der Waals surface area (Å²) in [5.41, 5.74) is 2.04. The minimum Gasteiger partial charge on any atom is -0.487 e. The standard InChI is InChI=1S/C21H19N3O4/c1-3-12-28-19-7-5-4-6-18(19)22-13-17-14(2)23-24(20(17)25)16-10-8-15(9-11-16)21(26)27/h3-11,13,23H,1,12H2,2H3,(H,26,27). The van der Waals surface area contributed by atoms with E-state index in [1.54, 1.807) is 37.3 Å². The average molecular weight is 377 g/mol. The van der Waals surface area contributed by atoms with Gasteiger partial charge in [-0.25, -0.2) is 9.48 Å². The molecule has 1 aromatic heterocycles. The van der Waals surface area contributed by atoms with Gasteiger partial charge in [0.15, 0.2) is 0 Å². The Hall–Kier alpha value is -3.87. The number of aliphatic imine (C=N–C) groups is 1. The Morgan fingerprint density at radius 2 is 1.96 bits per heavy atom. The van der Waals surface area contributed by atoms with Crippen LogP contribution in [0.15, 0.2) is 71.0 Å². The molecule has 1 heterocycles. The Balaban J connectivity index is 1.93. The van der Waals surface area contributed by atoms with Gasteiger partial charge in [-0.15, -0.1) is 0 Å². The number of para-hydroxylation sites is 2. The first-order valence-corrected chi connectivity index (χ1v) is 8.53. The zero-order valence-electron chi connectivity index (χ0n) is 15.3. The summed E-state index contributed by atoms with van der Waals surface area (Å²) in [5, 5.41) is 12.0. The number of aromatic carboxylic acids is 1. The number of aromatic nitrogens is 2. The number of nitrogens with one attached hydrogen (secondary N) is 1. The molecular weight excluding hydrogens is 358 g/mol. The van der Waals surface area contributed by atoms with E-state index < -0.39 is 5.97 Å². The van der Waals surface area contributed by atoms with Crippen molar-refractivity contribution in [2.45, 2.75) is 6.92 Å². The molecule has 0 aliphatic carbocycles. The first kappa shape index (κ1) is 18.9. The zero-order chi connectivity index (χ0) is 20.1. The molecular formula is C21H19N3O4. The molecule has 7 nitrogen and oxygen atoms in total. The second kappa shape index (κ2) is 8.22. The second-order valence-corrected chi connectivity index (χ2v) is 5.97. The van der Waals surface area contributed by atoms with Crippen molar-refractivity contribution >= 4 is 17.9 Å². The van der Waals surface area contributed by atoms with Gasteiger partial charge >= 0.3 is 5.97 Å². The van der Waals surface area contributed by atoms with E-state index in [0.717, 1.165) is 0 Å². The molecule has 0 atom stereocenters. The van der Waals surface area contributed by atoms with Crippen LogP contribution in [0.1, 0.15) is 21.6 Å². The van der Waals surface area contributed by atoms with Crippen LogP contribution in [0.25, 0.3) is 5.69 Å². The van der Waals surface area contributed by atoms with Crippen LogP contribution < -0.4 is 10.3 Å². The van der Waals surface area contributed by atoms with Gasteiger partial charge in [0, 0.05) is 11.9 Å². The Kier molecular flexibility index (Phi) is 5.55. The summed E-state index contributed by atoms with van der Waals surface area (Å²) in [5.74, 6) is -0.428. The number of carboxylic acids is 1. The lowest BCUT2D eigenvalue weighted by Crippen LogP contribution is -2.17. The van der Waals surface area contributed by atoms with Crippen LogP contribution in [0.2, 0.25) is 0 Å². The van der Waals surface area contributed by atoms with Crippen LogP contribution >= 0.6 is 0 Å². The highest BCUT2D eigenvalue weighted by atomic mass is 16.5. The van der Waals surface area contributed by atoms with Crippen molar-refractivity contribution in [1.82, 2.24) is 9.78 Å². The first-order valence-electron chi connectivity index (χ1n) is 8.53. The number of hydrogen-bond donors (Lipinski definition) is 2. The largest absolute Gasteiger partial charge is 0.487 e. The number of aryl methyl sites for hydroxylation is 1. The van der Waals surface area contributed by atoms with E-state index in [1.807, 2.05) is 12.1 Å². The topological polar surface area (TPSA) is 96.7 Å². The van der Waals surface area contributed by atoms with E-state index >= 15 is 0 Å². The van der Waals surface area contributed by atoms with Gasteiger partial charge in [0.1, 0.15) is 18.0 Å². The zero-order valence-corrected chi connectivity index (χ0v) is 15.3. The molecule has 0 aliphatic heterocycles. The van der Waals surface area contributed by atoms with Crippen LogP contribution in [0.4, 0.5) is 5.69 Å². The molecule has 142 valence electrons.